The summed E-state index contributed by atoms with van der Waals surface area (Å²) in [7, 11) is 0. The van der Waals surface area contributed by atoms with Gasteiger partial charge in [-0.05, 0) is 36.8 Å². The van der Waals surface area contributed by atoms with Gasteiger partial charge in [0, 0.05) is 10.1 Å². The van der Waals surface area contributed by atoms with E-state index in [9.17, 15) is 0 Å². The SMILES string of the molecule is C1=C[C@H]2C[C@@H](C1)[C@H]2Sc1ccccc1. The van der Waals surface area contributed by atoms with E-state index in [2.05, 4.69) is 54.2 Å². The molecule has 14 heavy (non-hydrogen) atoms. The second kappa shape index (κ2) is 3.47. The van der Waals surface area contributed by atoms with Gasteiger partial charge in [0.15, 0.2) is 0 Å². The Balaban J connectivity index is 1.72. The first-order valence-corrected chi connectivity index (χ1v) is 6.20. The molecule has 1 heteroatoms. The van der Waals surface area contributed by atoms with Crippen molar-refractivity contribution in [1.29, 1.82) is 0 Å². The zero-order valence-electron chi connectivity index (χ0n) is 8.10. The van der Waals surface area contributed by atoms with Crippen LogP contribution in [0.15, 0.2) is 47.4 Å². The monoisotopic (exact) mass is 202 g/mol. The Hall–Kier alpha value is -0.690. The summed E-state index contributed by atoms with van der Waals surface area (Å²) in [5, 5.41) is 0.863. The molecule has 0 N–H and O–H groups in total. The topological polar surface area (TPSA) is 0 Å². The van der Waals surface area contributed by atoms with E-state index in [0.717, 1.165) is 17.1 Å². The molecule has 0 nitrogen and oxygen atoms in total. The Morgan fingerprint density at radius 1 is 1.14 bits per heavy atom. The van der Waals surface area contributed by atoms with Gasteiger partial charge in [-0.3, -0.25) is 0 Å². The van der Waals surface area contributed by atoms with Gasteiger partial charge in [0.05, 0.1) is 0 Å². The van der Waals surface area contributed by atoms with Gasteiger partial charge in [-0.1, -0.05) is 30.4 Å². The van der Waals surface area contributed by atoms with Crippen LogP contribution < -0.4 is 0 Å². The number of thioether (sulfide) groups is 1. The van der Waals surface area contributed by atoms with E-state index in [1.165, 1.54) is 17.7 Å². The molecule has 2 bridgehead atoms. The number of hydrogen-bond donors (Lipinski definition) is 0. The van der Waals surface area contributed by atoms with Crippen molar-refractivity contribution in [2.75, 3.05) is 0 Å². The fourth-order valence-corrected chi connectivity index (χ4v) is 3.88. The smallest absolute Gasteiger partial charge is 0.0189 e. The van der Waals surface area contributed by atoms with Gasteiger partial charge in [0.2, 0.25) is 0 Å². The molecule has 0 saturated heterocycles. The molecule has 72 valence electrons. The van der Waals surface area contributed by atoms with Crippen molar-refractivity contribution < 1.29 is 0 Å². The van der Waals surface area contributed by atoms with Crippen LogP contribution in [0.4, 0.5) is 0 Å². The van der Waals surface area contributed by atoms with Crippen LogP contribution in [0.1, 0.15) is 12.8 Å². The summed E-state index contributed by atoms with van der Waals surface area (Å²) in [5.41, 5.74) is 0. The summed E-state index contributed by atoms with van der Waals surface area (Å²) in [5.74, 6) is 1.81. The van der Waals surface area contributed by atoms with E-state index >= 15 is 0 Å². The van der Waals surface area contributed by atoms with Crippen LogP contribution in [0.3, 0.4) is 0 Å². The molecular weight excluding hydrogens is 188 g/mol. The van der Waals surface area contributed by atoms with Gasteiger partial charge < -0.3 is 0 Å². The minimum atomic E-state index is 0.860. The van der Waals surface area contributed by atoms with Gasteiger partial charge in [-0.25, -0.2) is 0 Å². The molecule has 1 fully saturated rings. The molecule has 0 aliphatic heterocycles. The van der Waals surface area contributed by atoms with Crippen LogP contribution in [-0.2, 0) is 0 Å². The third-order valence-electron chi connectivity index (χ3n) is 3.30. The molecule has 0 unspecified atom stereocenters. The van der Waals surface area contributed by atoms with Crippen LogP contribution in [0.5, 0.6) is 0 Å². The summed E-state index contributed by atoms with van der Waals surface area (Å²) >= 11 is 2.07. The number of benzene rings is 1. The molecule has 0 spiro atoms. The van der Waals surface area contributed by atoms with Crippen LogP contribution in [0, 0.1) is 11.8 Å². The van der Waals surface area contributed by atoms with E-state index < -0.39 is 0 Å². The van der Waals surface area contributed by atoms with Crippen molar-refractivity contribution in [3.8, 4) is 0 Å². The molecule has 4 rings (SSSR count). The summed E-state index contributed by atoms with van der Waals surface area (Å²) in [4.78, 5) is 1.43. The lowest BCUT2D eigenvalue weighted by Crippen LogP contribution is -2.40. The maximum absolute atomic E-state index is 2.42. The Labute approximate surface area is 89.4 Å². The Bertz CT molecular complexity index is 342. The second-order valence-corrected chi connectivity index (χ2v) is 5.47. The fraction of sp³-hybridized carbons (Fsp3) is 0.385. The Morgan fingerprint density at radius 2 is 2.00 bits per heavy atom. The zero-order valence-corrected chi connectivity index (χ0v) is 8.91. The first kappa shape index (κ1) is 8.60. The zero-order chi connectivity index (χ0) is 9.38. The number of fused-ring (bicyclic) bond motifs is 1. The highest BCUT2D eigenvalue weighted by atomic mass is 32.2. The Morgan fingerprint density at radius 3 is 2.64 bits per heavy atom. The van der Waals surface area contributed by atoms with Gasteiger partial charge in [-0.2, -0.15) is 0 Å². The van der Waals surface area contributed by atoms with Crippen LogP contribution in [0.2, 0.25) is 0 Å². The minimum Gasteiger partial charge on any atom is -0.122 e. The summed E-state index contributed by atoms with van der Waals surface area (Å²) < 4.78 is 0. The first-order valence-electron chi connectivity index (χ1n) is 5.32. The lowest BCUT2D eigenvalue weighted by molar-refractivity contribution is 0.240. The maximum Gasteiger partial charge on any atom is 0.0189 e. The maximum atomic E-state index is 2.42. The molecule has 3 aliphatic rings. The largest absolute Gasteiger partial charge is 0.122 e. The van der Waals surface area contributed by atoms with Gasteiger partial charge in [0.25, 0.3) is 0 Å². The molecule has 3 aliphatic carbocycles. The summed E-state index contributed by atoms with van der Waals surface area (Å²) in [6, 6.07) is 10.8. The predicted octanol–water partition coefficient (Wildman–Crippen LogP) is 3.74. The predicted molar refractivity (Wildman–Crippen MR) is 61.4 cm³/mol. The fourth-order valence-electron chi connectivity index (χ4n) is 2.46. The molecule has 3 atom stereocenters. The molecule has 0 amide bonds. The average Bonchev–Trinajstić information content (AvgIpc) is 2.28. The first-order chi connectivity index (χ1) is 6.93. The van der Waals surface area contributed by atoms with Crippen molar-refractivity contribution in [3.63, 3.8) is 0 Å². The van der Waals surface area contributed by atoms with Crippen LogP contribution in [-0.4, -0.2) is 5.25 Å². The summed E-state index contributed by atoms with van der Waals surface area (Å²) in [6.45, 7) is 0. The van der Waals surface area contributed by atoms with Gasteiger partial charge in [-0.15, -0.1) is 11.8 Å². The van der Waals surface area contributed by atoms with Crippen LogP contribution in [0.25, 0.3) is 0 Å². The molecule has 0 aromatic heterocycles. The molecule has 0 radical (unpaired) electrons. The lowest BCUT2D eigenvalue weighted by Gasteiger charge is -2.45. The second-order valence-electron chi connectivity index (χ2n) is 4.22. The highest BCUT2D eigenvalue weighted by Crippen LogP contribution is 2.50. The molecule has 0 heterocycles. The third-order valence-corrected chi connectivity index (χ3v) is 4.85. The lowest BCUT2D eigenvalue weighted by atomic mass is 9.69. The molecule has 1 saturated carbocycles. The van der Waals surface area contributed by atoms with Crippen molar-refractivity contribution in [2.45, 2.75) is 23.0 Å². The van der Waals surface area contributed by atoms with Gasteiger partial charge in [0.1, 0.15) is 0 Å². The van der Waals surface area contributed by atoms with Crippen molar-refractivity contribution >= 4 is 11.8 Å². The van der Waals surface area contributed by atoms with Crippen molar-refractivity contribution in [1.82, 2.24) is 0 Å². The molecular formula is C13H14S. The highest BCUT2D eigenvalue weighted by molar-refractivity contribution is 8.00. The Kier molecular flexibility index (Phi) is 2.13. The van der Waals surface area contributed by atoms with Crippen molar-refractivity contribution in [3.05, 3.63) is 42.5 Å². The van der Waals surface area contributed by atoms with E-state index in [1.54, 1.807) is 0 Å². The van der Waals surface area contributed by atoms with E-state index in [-0.39, 0.29) is 0 Å². The third kappa shape index (κ3) is 1.40. The van der Waals surface area contributed by atoms with E-state index in [0.29, 0.717) is 0 Å². The average molecular weight is 202 g/mol. The molecule has 1 aromatic carbocycles. The standard InChI is InChI=1S/C13H14S/c1-2-7-12(8-3-1)14-13-10-5-4-6-11(13)9-10/h1-5,7-8,10-11,13H,6,9H2/t10-,11+,13-/m0/s1. The normalized spacial score (nSPS) is 33.9. The van der Waals surface area contributed by atoms with Crippen molar-refractivity contribution in [2.24, 2.45) is 11.8 Å². The highest BCUT2D eigenvalue weighted by Gasteiger charge is 2.41. The van der Waals surface area contributed by atoms with Crippen LogP contribution >= 0.6 is 11.8 Å². The molecule has 1 aromatic rings. The number of allylic oxidation sites excluding steroid dienone is 2. The van der Waals surface area contributed by atoms with E-state index in [4.69, 9.17) is 0 Å². The number of rotatable bonds is 2. The van der Waals surface area contributed by atoms with E-state index in [1.807, 2.05) is 0 Å². The summed E-state index contributed by atoms with van der Waals surface area (Å²) in [6.07, 6.45) is 7.52. The van der Waals surface area contributed by atoms with Gasteiger partial charge >= 0.3 is 0 Å². The quantitative estimate of drug-likeness (QED) is 0.658. The number of hydrogen-bond acceptors (Lipinski definition) is 1. The minimum absolute atomic E-state index is 0.860.